The van der Waals surface area contributed by atoms with Crippen LogP contribution in [0.15, 0.2) is 21.4 Å². The summed E-state index contributed by atoms with van der Waals surface area (Å²) in [5, 5.41) is 19.1. The molecule has 0 spiro atoms. The zero-order valence-electron chi connectivity index (χ0n) is 11.6. The van der Waals surface area contributed by atoms with Crippen LogP contribution in [0, 0.1) is 11.3 Å². The lowest BCUT2D eigenvalue weighted by Gasteiger charge is -1.98. The Morgan fingerprint density at radius 1 is 1.59 bits per heavy atom. The van der Waals surface area contributed by atoms with Gasteiger partial charge < -0.3 is 10.5 Å². The fraction of sp³-hybridized carbons (Fsp3) is 0.231. The standard InChI is InChI=1S/C13H12N4O2S3/c1-2-19-11(18)9(5-14)4-10-3-8(6-20-10)7-21-13-17-16-12(15)22-13/h3-4,6H,2,7H2,1H3,(H2,15,16). The summed E-state index contributed by atoms with van der Waals surface area (Å²) in [6, 6.07) is 3.79. The first-order valence-electron chi connectivity index (χ1n) is 6.20. The minimum absolute atomic E-state index is 0.000185. The highest BCUT2D eigenvalue weighted by Gasteiger charge is 2.11. The Morgan fingerprint density at radius 3 is 3.05 bits per heavy atom. The van der Waals surface area contributed by atoms with Gasteiger partial charge in [0, 0.05) is 10.6 Å². The topological polar surface area (TPSA) is 102 Å². The van der Waals surface area contributed by atoms with E-state index < -0.39 is 5.97 Å². The largest absolute Gasteiger partial charge is 0.462 e. The van der Waals surface area contributed by atoms with E-state index in [1.807, 2.05) is 17.5 Å². The smallest absolute Gasteiger partial charge is 0.348 e. The third kappa shape index (κ3) is 4.56. The van der Waals surface area contributed by atoms with Crippen molar-refractivity contribution in [1.82, 2.24) is 10.2 Å². The van der Waals surface area contributed by atoms with E-state index in [1.54, 1.807) is 24.8 Å². The van der Waals surface area contributed by atoms with Gasteiger partial charge in [-0.25, -0.2) is 4.79 Å². The number of aromatic nitrogens is 2. The number of esters is 1. The van der Waals surface area contributed by atoms with E-state index in [2.05, 4.69) is 10.2 Å². The van der Waals surface area contributed by atoms with Crippen molar-refractivity contribution in [3.05, 3.63) is 27.5 Å². The molecule has 0 fully saturated rings. The second-order valence-corrected chi connectivity index (χ2v) is 7.12. The number of thioether (sulfide) groups is 1. The SMILES string of the molecule is CCOC(=O)C(C#N)=Cc1cc(CSc2nnc(N)s2)cs1. The van der Waals surface area contributed by atoms with Crippen LogP contribution in [0.4, 0.5) is 5.13 Å². The highest BCUT2D eigenvalue weighted by Crippen LogP contribution is 2.29. The second kappa shape index (κ2) is 7.93. The fourth-order valence-corrected chi connectivity index (χ4v) is 3.97. The van der Waals surface area contributed by atoms with Crippen molar-refractivity contribution >= 4 is 51.6 Å². The summed E-state index contributed by atoms with van der Waals surface area (Å²) in [7, 11) is 0. The van der Waals surface area contributed by atoms with Crippen LogP contribution >= 0.6 is 34.4 Å². The summed E-state index contributed by atoms with van der Waals surface area (Å²) in [4.78, 5) is 12.4. The van der Waals surface area contributed by atoms with E-state index in [-0.39, 0.29) is 12.2 Å². The van der Waals surface area contributed by atoms with Gasteiger partial charge in [0.1, 0.15) is 11.6 Å². The van der Waals surface area contributed by atoms with Crippen molar-refractivity contribution in [1.29, 1.82) is 5.26 Å². The zero-order valence-corrected chi connectivity index (χ0v) is 14.1. The van der Waals surface area contributed by atoms with E-state index in [1.165, 1.54) is 22.7 Å². The number of nitrogens with two attached hydrogens (primary N) is 1. The summed E-state index contributed by atoms with van der Waals surface area (Å²) in [5.74, 6) is 0.124. The maximum atomic E-state index is 11.6. The average molecular weight is 352 g/mol. The van der Waals surface area contributed by atoms with E-state index in [4.69, 9.17) is 15.7 Å². The van der Waals surface area contributed by atoms with Gasteiger partial charge in [-0.05, 0) is 30.0 Å². The molecule has 0 aromatic carbocycles. The molecule has 0 aliphatic carbocycles. The summed E-state index contributed by atoms with van der Waals surface area (Å²) >= 11 is 4.35. The van der Waals surface area contributed by atoms with E-state index in [0.29, 0.717) is 5.13 Å². The Labute approximate surface area is 139 Å². The summed E-state index contributed by atoms with van der Waals surface area (Å²) < 4.78 is 5.64. The normalized spacial score (nSPS) is 11.2. The molecule has 9 heteroatoms. The van der Waals surface area contributed by atoms with Crippen LogP contribution in [-0.2, 0) is 15.3 Å². The van der Waals surface area contributed by atoms with Crippen LogP contribution in [0.2, 0.25) is 0 Å². The average Bonchev–Trinajstić information content (AvgIpc) is 3.11. The van der Waals surface area contributed by atoms with Crippen molar-refractivity contribution in [2.24, 2.45) is 0 Å². The van der Waals surface area contributed by atoms with Crippen LogP contribution in [0.25, 0.3) is 6.08 Å². The van der Waals surface area contributed by atoms with Gasteiger partial charge in [-0.2, -0.15) is 5.26 Å². The minimum atomic E-state index is -0.598. The molecule has 0 radical (unpaired) electrons. The Hall–Kier alpha value is -1.89. The number of nitriles is 1. The Kier molecular flexibility index (Phi) is 5.94. The number of anilines is 1. The molecule has 2 heterocycles. The molecule has 2 aromatic rings. The van der Waals surface area contributed by atoms with Gasteiger partial charge in [0.2, 0.25) is 5.13 Å². The van der Waals surface area contributed by atoms with Crippen LogP contribution < -0.4 is 5.73 Å². The predicted octanol–water partition coefficient (Wildman–Crippen LogP) is 2.94. The molecule has 114 valence electrons. The van der Waals surface area contributed by atoms with Gasteiger partial charge in [-0.3, -0.25) is 0 Å². The Morgan fingerprint density at radius 2 is 2.41 bits per heavy atom. The number of rotatable bonds is 6. The number of hydrogen-bond donors (Lipinski definition) is 1. The highest BCUT2D eigenvalue weighted by atomic mass is 32.2. The molecular weight excluding hydrogens is 340 g/mol. The zero-order chi connectivity index (χ0) is 15.9. The first-order chi connectivity index (χ1) is 10.6. The maximum Gasteiger partial charge on any atom is 0.348 e. The van der Waals surface area contributed by atoms with E-state index >= 15 is 0 Å². The molecule has 0 unspecified atom stereocenters. The quantitative estimate of drug-likeness (QED) is 0.369. The van der Waals surface area contributed by atoms with Crippen molar-refractivity contribution in [2.75, 3.05) is 12.3 Å². The lowest BCUT2D eigenvalue weighted by molar-refractivity contribution is -0.137. The first-order valence-corrected chi connectivity index (χ1v) is 8.88. The minimum Gasteiger partial charge on any atom is -0.462 e. The third-order valence-corrected chi connectivity index (χ3v) is 5.25. The van der Waals surface area contributed by atoms with Crippen LogP contribution in [0.1, 0.15) is 17.4 Å². The Bertz CT molecular complexity index is 730. The summed E-state index contributed by atoms with van der Waals surface area (Å²) in [6.07, 6.45) is 1.54. The predicted molar refractivity (Wildman–Crippen MR) is 88.4 cm³/mol. The number of thiophene rings is 1. The summed E-state index contributed by atoms with van der Waals surface area (Å²) in [5.41, 5.74) is 6.61. The van der Waals surface area contributed by atoms with Gasteiger partial charge in [0.05, 0.1) is 6.61 Å². The lowest BCUT2D eigenvalue weighted by Crippen LogP contribution is -2.05. The number of hydrogen-bond acceptors (Lipinski definition) is 9. The van der Waals surface area contributed by atoms with Crippen LogP contribution in [-0.4, -0.2) is 22.8 Å². The maximum absolute atomic E-state index is 11.6. The second-order valence-electron chi connectivity index (χ2n) is 3.94. The van der Waals surface area contributed by atoms with Crippen LogP contribution in [0.3, 0.4) is 0 Å². The molecule has 0 amide bonds. The molecular formula is C13H12N4O2S3. The molecule has 0 bridgehead atoms. The van der Waals surface area contributed by atoms with E-state index in [9.17, 15) is 4.79 Å². The molecule has 6 nitrogen and oxygen atoms in total. The number of nitrogen functional groups attached to an aromatic ring is 1. The van der Waals surface area contributed by atoms with Gasteiger partial charge in [-0.15, -0.1) is 21.5 Å². The summed E-state index contributed by atoms with van der Waals surface area (Å²) in [6.45, 7) is 1.95. The van der Waals surface area contributed by atoms with Gasteiger partial charge >= 0.3 is 5.97 Å². The molecule has 2 aromatic heterocycles. The van der Waals surface area contributed by atoms with Crippen molar-refractivity contribution in [3.8, 4) is 6.07 Å². The van der Waals surface area contributed by atoms with Gasteiger partial charge in [-0.1, -0.05) is 23.1 Å². The molecule has 0 aliphatic heterocycles. The Balaban J connectivity index is 2.01. The van der Waals surface area contributed by atoms with Crippen molar-refractivity contribution in [2.45, 2.75) is 17.0 Å². The number of carbonyl (C=O) groups excluding carboxylic acids is 1. The molecule has 0 atom stereocenters. The molecule has 2 rings (SSSR count). The molecule has 22 heavy (non-hydrogen) atoms. The van der Waals surface area contributed by atoms with Gasteiger partial charge in [0.15, 0.2) is 4.34 Å². The molecule has 0 saturated heterocycles. The van der Waals surface area contributed by atoms with Gasteiger partial charge in [0.25, 0.3) is 0 Å². The highest BCUT2D eigenvalue weighted by molar-refractivity contribution is 8.00. The number of ether oxygens (including phenoxy) is 1. The number of carbonyl (C=O) groups is 1. The molecule has 0 aliphatic rings. The van der Waals surface area contributed by atoms with Crippen LogP contribution in [0.5, 0.6) is 0 Å². The monoisotopic (exact) mass is 352 g/mol. The third-order valence-electron chi connectivity index (χ3n) is 2.36. The lowest BCUT2D eigenvalue weighted by atomic mass is 10.2. The molecule has 0 saturated carbocycles. The van der Waals surface area contributed by atoms with Crippen molar-refractivity contribution < 1.29 is 9.53 Å². The number of nitrogens with zero attached hydrogens (tertiary/aromatic N) is 3. The van der Waals surface area contributed by atoms with E-state index in [0.717, 1.165) is 20.5 Å². The van der Waals surface area contributed by atoms with Crippen molar-refractivity contribution in [3.63, 3.8) is 0 Å². The fourth-order valence-electron chi connectivity index (χ4n) is 1.46. The molecule has 2 N–H and O–H groups in total. The first kappa shape index (κ1) is 16.5.